The van der Waals surface area contributed by atoms with Crippen molar-refractivity contribution >= 4 is 29.1 Å². The van der Waals surface area contributed by atoms with E-state index in [1.54, 1.807) is 54.9 Å². The Morgan fingerprint density at radius 3 is 2.54 bits per heavy atom. The maximum atomic E-state index is 13.1. The van der Waals surface area contributed by atoms with Gasteiger partial charge in [0.05, 0.1) is 5.25 Å². The SMILES string of the molecule is CC(=O)c1cccc(NC(=O)[C@H](C)Sc2nnc(-c3ccc(F)cc3)n2C)c1. The van der Waals surface area contributed by atoms with E-state index in [4.69, 9.17) is 0 Å². The summed E-state index contributed by atoms with van der Waals surface area (Å²) in [5.74, 6) is -0.00751. The molecule has 3 rings (SSSR count). The molecule has 3 aromatic rings. The molecule has 144 valence electrons. The molecule has 0 fully saturated rings. The number of thioether (sulfide) groups is 1. The molecule has 0 saturated heterocycles. The molecule has 0 radical (unpaired) electrons. The number of anilines is 1. The Balaban J connectivity index is 1.70. The van der Waals surface area contributed by atoms with E-state index in [1.165, 1.54) is 30.8 Å². The molecule has 2 aromatic carbocycles. The van der Waals surface area contributed by atoms with Crippen LogP contribution < -0.4 is 5.32 Å². The molecule has 1 amide bonds. The molecule has 1 heterocycles. The highest BCUT2D eigenvalue weighted by Crippen LogP contribution is 2.26. The first-order valence-corrected chi connectivity index (χ1v) is 9.47. The number of halogens is 1. The Labute approximate surface area is 166 Å². The highest BCUT2D eigenvalue weighted by atomic mass is 32.2. The van der Waals surface area contributed by atoms with Gasteiger partial charge in [0.15, 0.2) is 16.8 Å². The Hall–Kier alpha value is -3.00. The lowest BCUT2D eigenvalue weighted by molar-refractivity contribution is -0.115. The van der Waals surface area contributed by atoms with Crippen molar-refractivity contribution in [1.29, 1.82) is 0 Å². The normalized spacial score (nSPS) is 11.9. The van der Waals surface area contributed by atoms with Crippen molar-refractivity contribution in [2.45, 2.75) is 24.3 Å². The van der Waals surface area contributed by atoms with Crippen LogP contribution in [0, 0.1) is 5.82 Å². The summed E-state index contributed by atoms with van der Waals surface area (Å²) in [7, 11) is 1.79. The summed E-state index contributed by atoms with van der Waals surface area (Å²) >= 11 is 1.26. The van der Waals surface area contributed by atoms with Crippen LogP contribution in [0.25, 0.3) is 11.4 Å². The molecule has 0 aliphatic rings. The number of carbonyl (C=O) groups is 2. The minimum atomic E-state index is -0.440. The van der Waals surface area contributed by atoms with E-state index in [0.717, 1.165) is 5.56 Å². The minimum Gasteiger partial charge on any atom is -0.325 e. The number of nitrogens with zero attached hydrogens (tertiary/aromatic N) is 3. The smallest absolute Gasteiger partial charge is 0.237 e. The number of rotatable bonds is 6. The zero-order valence-electron chi connectivity index (χ0n) is 15.6. The van der Waals surface area contributed by atoms with Crippen LogP contribution in [0.2, 0.25) is 0 Å². The molecule has 0 bridgehead atoms. The van der Waals surface area contributed by atoms with Crippen molar-refractivity contribution < 1.29 is 14.0 Å². The van der Waals surface area contributed by atoms with Gasteiger partial charge >= 0.3 is 0 Å². The van der Waals surface area contributed by atoms with E-state index in [1.807, 2.05) is 0 Å². The maximum absolute atomic E-state index is 13.1. The Kier molecular flexibility index (Phi) is 5.89. The fourth-order valence-electron chi connectivity index (χ4n) is 2.54. The van der Waals surface area contributed by atoms with Crippen molar-refractivity contribution in [3.63, 3.8) is 0 Å². The third kappa shape index (κ3) is 4.45. The van der Waals surface area contributed by atoms with Gasteiger partial charge in [-0.25, -0.2) is 4.39 Å². The van der Waals surface area contributed by atoms with Gasteiger partial charge in [0.1, 0.15) is 5.82 Å². The monoisotopic (exact) mass is 398 g/mol. The molecule has 6 nitrogen and oxygen atoms in total. The molecule has 0 unspecified atom stereocenters. The summed E-state index contributed by atoms with van der Waals surface area (Å²) in [5.41, 5.74) is 1.84. The number of ketones is 1. The second-order valence-corrected chi connectivity index (χ2v) is 7.57. The predicted molar refractivity (Wildman–Crippen MR) is 107 cm³/mol. The van der Waals surface area contributed by atoms with E-state index >= 15 is 0 Å². The van der Waals surface area contributed by atoms with Gasteiger partial charge in [-0.3, -0.25) is 9.59 Å². The van der Waals surface area contributed by atoms with Crippen LogP contribution in [-0.4, -0.2) is 31.7 Å². The van der Waals surface area contributed by atoms with E-state index in [-0.39, 0.29) is 17.5 Å². The van der Waals surface area contributed by atoms with Crippen LogP contribution in [0.5, 0.6) is 0 Å². The lowest BCUT2D eigenvalue weighted by Gasteiger charge is -2.12. The number of hydrogen-bond donors (Lipinski definition) is 1. The van der Waals surface area contributed by atoms with Gasteiger partial charge in [0, 0.05) is 23.9 Å². The van der Waals surface area contributed by atoms with E-state index < -0.39 is 5.25 Å². The second kappa shape index (κ2) is 8.35. The number of Topliss-reactive ketones (excluding diaryl/α,β-unsaturated/α-hetero) is 1. The molecule has 28 heavy (non-hydrogen) atoms. The lowest BCUT2D eigenvalue weighted by atomic mass is 10.1. The molecule has 1 atom stereocenters. The first-order valence-electron chi connectivity index (χ1n) is 8.59. The van der Waals surface area contributed by atoms with Crippen molar-refractivity contribution in [3.8, 4) is 11.4 Å². The summed E-state index contributed by atoms with van der Waals surface area (Å²) in [6.45, 7) is 3.24. The Bertz CT molecular complexity index is 1020. The number of hydrogen-bond acceptors (Lipinski definition) is 5. The van der Waals surface area contributed by atoms with Crippen LogP contribution in [0.4, 0.5) is 10.1 Å². The molecular formula is C20H19FN4O2S. The van der Waals surface area contributed by atoms with Crippen LogP contribution in [0.1, 0.15) is 24.2 Å². The van der Waals surface area contributed by atoms with Gasteiger partial charge in [-0.2, -0.15) is 0 Å². The summed E-state index contributed by atoms with van der Waals surface area (Å²) < 4.78 is 14.9. The molecule has 1 N–H and O–H groups in total. The average Bonchev–Trinajstić information content (AvgIpc) is 3.03. The van der Waals surface area contributed by atoms with Gasteiger partial charge < -0.3 is 9.88 Å². The summed E-state index contributed by atoms with van der Waals surface area (Å²) in [5, 5.41) is 11.2. The number of aromatic nitrogens is 3. The summed E-state index contributed by atoms with van der Waals surface area (Å²) in [6.07, 6.45) is 0. The number of nitrogens with one attached hydrogen (secondary N) is 1. The highest BCUT2D eigenvalue weighted by Gasteiger charge is 2.19. The zero-order valence-corrected chi connectivity index (χ0v) is 16.5. The Morgan fingerprint density at radius 1 is 1.14 bits per heavy atom. The van der Waals surface area contributed by atoms with Gasteiger partial charge in [0.25, 0.3) is 0 Å². The van der Waals surface area contributed by atoms with Gasteiger partial charge in [0.2, 0.25) is 5.91 Å². The van der Waals surface area contributed by atoms with Gasteiger partial charge in [-0.15, -0.1) is 10.2 Å². The van der Waals surface area contributed by atoms with E-state index in [0.29, 0.717) is 22.2 Å². The lowest BCUT2D eigenvalue weighted by Crippen LogP contribution is -2.23. The first kappa shape index (κ1) is 19.8. The average molecular weight is 398 g/mol. The fraction of sp³-hybridized carbons (Fsp3) is 0.200. The Morgan fingerprint density at radius 2 is 1.86 bits per heavy atom. The molecule has 0 aliphatic carbocycles. The molecular weight excluding hydrogens is 379 g/mol. The standard InChI is InChI=1S/C20H19FN4O2S/c1-12(26)15-5-4-6-17(11-15)22-19(27)13(2)28-20-24-23-18(25(20)3)14-7-9-16(21)10-8-14/h4-11,13H,1-3H3,(H,22,27)/t13-/m0/s1. The predicted octanol–water partition coefficient (Wildman–Crippen LogP) is 3.94. The number of amides is 1. The minimum absolute atomic E-state index is 0.0640. The third-order valence-corrected chi connectivity index (χ3v) is 5.26. The van der Waals surface area contributed by atoms with Crippen molar-refractivity contribution in [2.75, 3.05) is 5.32 Å². The molecule has 0 saturated carbocycles. The first-order chi connectivity index (χ1) is 13.3. The second-order valence-electron chi connectivity index (χ2n) is 6.26. The summed E-state index contributed by atoms with van der Waals surface area (Å²) in [4.78, 5) is 24.0. The van der Waals surface area contributed by atoms with Crippen molar-refractivity contribution in [1.82, 2.24) is 14.8 Å². The number of benzene rings is 2. The van der Waals surface area contributed by atoms with Crippen LogP contribution in [0.15, 0.2) is 53.7 Å². The quantitative estimate of drug-likeness (QED) is 0.503. The van der Waals surface area contributed by atoms with Crippen LogP contribution in [0.3, 0.4) is 0 Å². The molecule has 0 aliphatic heterocycles. The highest BCUT2D eigenvalue weighted by molar-refractivity contribution is 8.00. The van der Waals surface area contributed by atoms with Crippen molar-refractivity contribution in [3.05, 3.63) is 59.9 Å². The molecule has 8 heteroatoms. The topological polar surface area (TPSA) is 76.9 Å². The maximum Gasteiger partial charge on any atom is 0.237 e. The zero-order chi connectivity index (χ0) is 20.3. The van der Waals surface area contributed by atoms with Crippen molar-refractivity contribution in [2.24, 2.45) is 7.05 Å². The van der Waals surface area contributed by atoms with Crippen LogP contribution >= 0.6 is 11.8 Å². The largest absolute Gasteiger partial charge is 0.325 e. The molecule has 1 aromatic heterocycles. The fourth-order valence-corrected chi connectivity index (χ4v) is 3.35. The van der Waals surface area contributed by atoms with E-state index in [9.17, 15) is 14.0 Å². The van der Waals surface area contributed by atoms with Crippen LogP contribution in [-0.2, 0) is 11.8 Å². The van der Waals surface area contributed by atoms with Gasteiger partial charge in [-0.05, 0) is 50.2 Å². The van der Waals surface area contributed by atoms with E-state index in [2.05, 4.69) is 15.5 Å². The molecule has 0 spiro atoms. The summed E-state index contributed by atoms with van der Waals surface area (Å²) in [6, 6.07) is 12.8. The third-order valence-electron chi connectivity index (χ3n) is 4.13. The number of carbonyl (C=O) groups excluding carboxylic acids is 2. The van der Waals surface area contributed by atoms with Gasteiger partial charge in [-0.1, -0.05) is 23.9 Å².